The Kier molecular flexibility index (Phi) is 4.45. The Balaban J connectivity index is 1.85. The third-order valence-corrected chi connectivity index (χ3v) is 4.75. The Labute approximate surface area is 135 Å². The van der Waals surface area contributed by atoms with Gasteiger partial charge in [-0.2, -0.15) is 0 Å². The second-order valence-electron chi connectivity index (χ2n) is 4.89. The molecule has 0 atom stereocenters. The molecule has 0 saturated carbocycles. The largest absolute Gasteiger partial charge is 0.264 e. The summed E-state index contributed by atoms with van der Waals surface area (Å²) in [5.41, 5.74) is 2.36. The van der Waals surface area contributed by atoms with Crippen LogP contribution in [0.4, 0.5) is 0 Å². The monoisotopic (exact) mass is 325 g/mol. The van der Waals surface area contributed by atoms with Crippen LogP contribution in [0.25, 0.3) is 11.3 Å². The van der Waals surface area contributed by atoms with Gasteiger partial charge in [-0.1, -0.05) is 24.3 Å². The van der Waals surface area contributed by atoms with Gasteiger partial charge in [-0.3, -0.25) is 9.97 Å². The van der Waals surface area contributed by atoms with Crippen molar-refractivity contribution in [2.75, 3.05) is 0 Å². The summed E-state index contributed by atoms with van der Waals surface area (Å²) in [7, 11) is -3.55. The van der Waals surface area contributed by atoms with Crippen LogP contribution in [-0.4, -0.2) is 18.4 Å². The van der Waals surface area contributed by atoms with Crippen LogP contribution < -0.4 is 4.72 Å². The highest BCUT2D eigenvalue weighted by Crippen LogP contribution is 2.20. The van der Waals surface area contributed by atoms with Crippen LogP contribution in [0.2, 0.25) is 0 Å². The maximum absolute atomic E-state index is 12.3. The van der Waals surface area contributed by atoms with Crippen molar-refractivity contribution in [3.63, 3.8) is 0 Å². The number of hydrogen-bond acceptors (Lipinski definition) is 4. The second-order valence-corrected chi connectivity index (χ2v) is 6.66. The summed E-state index contributed by atoms with van der Waals surface area (Å²) < 4.78 is 27.2. The molecule has 2 heterocycles. The number of sulfonamides is 1. The molecule has 0 spiro atoms. The molecule has 0 aliphatic carbocycles. The summed E-state index contributed by atoms with van der Waals surface area (Å²) in [5.74, 6) is 0. The van der Waals surface area contributed by atoms with Crippen LogP contribution >= 0.6 is 0 Å². The van der Waals surface area contributed by atoms with Gasteiger partial charge >= 0.3 is 0 Å². The lowest BCUT2D eigenvalue weighted by molar-refractivity contribution is 0.581. The van der Waals surface area contributed by atoms with Gasteiger partial charge in [-0.25, -0.2) is 13.1 Å². The highest BCUT2D eigenvalue weighted by atomic mass is 32.2. The molecule has 6 heteroatoms. The van der Waals surface area contributed by atoms with Gasteiger partial charge in [0.1, 0.15) is 0 Å². The molecule has 0 unspecified atom stereocenters. The number of pyridine rings is 2. The van der Waals surface area contributed by atoms with Crippen molar-refractivity contribution in [1.82, 2.24) is 14.7 Å². The molecule has 2 aromatic heterocycles. The quantitative estimate of drug-likeness (QED) is 0.783. The van der Waals surface area contributed by atoms with Crippen molar-refractivity contribution in [2.24, 2.45) is 0 Å². The van der Waals surface area contributed by atoms with Crippen LogP contribution in [0.15, 0.2) is 78.1 Å². The van der Waals surface area contributed by atoms with Crippen LogP contribution in [-0.2, 0) is 16.6 Å². The van der Waals surface area contributed by atoms with Crippen LogP contribution in [0.3, 0.4) is 0 Å². The van der Waals surface area contributed by atoms with E-state index in [9.17, 15) is 8.42 Å². The summed E-state index contributed by atoms with van der Waals surface area (Å²) >= 11 is 0. The number of nitrogens with one attached hydrogen (secondary N) is 1. The summed E-state index contributed by atoms with van der Waals surface area (Å²) in [6.45, 7) is 0.162. The Morgan fingerprint density at radius 3 is 2.43 bits per heavy atom. The normalized spacial score (nSPS) is 11.3. The lowest BCUT2D eigenvalue weighted by atomic mass is 10.1. The van der Waals surface area contributed by atoms with E-state index in [0.717, 1.165) is 16.8 Å². The van der Waals surface area contributed by atoms with E-state index >= 15 is 0 Å². The van der Waals surface area contributed by atoms with E-state index in [1.807, 2.05) is 18.2 Å². The van der Waals surface area contributed by atoms with Crippen molar-refractivity contribution >= 4 is 10.0 Å². The zero-order chi connectivity index (χ0) is 16.1. The first-order valence-electron chi connectivity index (χ1n) is 7.06. The van der Waals surface area contributed by atoms with E-state index in [-0.39, 0.29) is 11.4 Å². The molecule has 116 valence electrons. The summed E-state index contributed by atoms with van der Waals surface area (Å²) in [5, 5.41) is 0. The van der Waals surface area contributed by atoms with E-state index in [1.54, 1.807) is 55.0 Å². The number of hydrogen-bond donors (Lipinski definition) is 1. The van der Waals surface area contributed by atoms with E-state index in [1.165, 1.54) is 0 Å². The van der Waals surface area contributed by atoms with Crippen molar-refractivity contribution in [3.8, 4) is 11.3 Å². The standard InChI is InChI=1S/C17H15N3O2S/c21-23(22,16-8-2-1-3-9-16)20-13-15-7-5-11-19-17(15)14-6-4-10-18-12-14/h1-12,20H,13H2. The third kappa shape index (κ3) is 3.61. The van der Waals surface area contributed by atoms with Crippen molar-refractivity contribution < 1.29 is 8.42 Å². The average molecular weight is 325 g/mol. The van der Waals surface area contributed by atoms with Gasteiger partial charge in [0.2, 0.25) is 10.0 Å². The summed E-state index contributed by atoms with van der Waals surface area (Å²) in [6.07, 6.45) is 5.07. The zero-order valence-electron chi connectivity index (χ0n) is 12.3. The molecule has 1 aromatic carbocycles. The first-order valence-corrected chi connectivity index (χ1v) is 8.54. The fourth-order valence-electron chi connectivity index (χ4n) is 2.20. The number of aromatic nitrogens is 2. The molecular formula is C17H15N3O2S. The van der Waals surface area contributed by atoms with E-state index in [4.69, 9.17) is 0 Å². The maximum Gasteiger partial charge on any atom is 0.240 e. The smallest absolute Gasteiger partial charge is 0.240 e. The molecule has 0 radical (unpaired) electrons. The van der Waals surface area contributed by atoms with Crippen LogP contribution in [0, 0.1) is 0 Å². The molecule has 0 aliphatic rings. The predicted molar refractivity (Wildman–Crippen MR) is 87.9 cm³/mol. The Morgan fingerprint density at radius 1 is 0.913 bits per heavy atom. The fraction of sp³-hybridized carbons (Fsp3) is 0.0588. The van der Waals surface area contributed by atoms with E-state index in [0.29, 0.717) is 0 Å². The molecule has 0 saturated heterocycles. The SMILES string of the molecule is O=S(=O)(NCc1cccnc1-c1cccnc1)c1ccccc1. The number of benzene rings is 1. The lowest BCUT2D eigenvalue weighted by Gasteiger charge is -2.10. The number of nitrogens with zero attached hydrogens (tertiary/aromatic N) is 2. The van der Waals surface area contributed by atoms with Crippen molar-refractivity contribution in [2.45, 2.75) is 11.4 Å². The van der Waals surface area contributed by atoms with Gasteiger partial charge in [-0.15, -0.1) is 0 Å². The third-order valence-electron chi connectivity index (χ3n) is 3.33. The van der Waals surface area contributed by atoms with Gasteiger partial charge < -0.3 is 0 Å². The maximum atomic E-state index is 12.3. The molecule has 1 N–H and O–H groups in total. The van der Waals surface area contributed by atoms with E-state index < -0.39 is 10.0 Å². The molecule has 3 aromatic rings. The summed E-state index contributed by atoms with van der Waals surface area (Å²) in [4.78, 5) is 8.67. The lowest BCUT2D eigenvalue weighted by Crippen LogP contribution is -2.23. The molecule has 3 rings (SSSR count). The van der Waals surface area contributed by atoms with E-state index in [2.05, 4.69) is 14.7 Å². The van der Waals surface area contributed by atoms with Gasteiger partial charge in [0.15, 0.2) is 0 Å². The second kappa shape index (κ2) is 6.68. The Hall–Kier alpha value is -2.57. The highest BCUT2D eigenvalue weighted by molar-refractivity contribution is 7.89. The predicted octanol–water partition coefficient (Wildman–Crippen LogP) is 2.62. The van der Waals surface area contributed by atoms with Crippen molar-refractivity contribution in [1.29, 1.82) is 0 Å². The minimum atomic E-state index is -3.55. The zero-order valence-corrected chi connectivity index (χ0v) is 13.1. The number of rotatable bonds is 5. The van der Waals surface area contributed by atoms with Crippen LogP contribution in [0.5, 0.6) is 0 Å². The summed E-state index contributed by atoms with van der Waals surface area (Å²) in [6, 6.07) is 15.6. The minimum absolute atomic E-state index is 0.162. The van der Waals surface area contributed by atoms with Gasteiger partial charge in [0.25, 0.3) is 0 Å². The molecule has 0 fully saturated rings. The first kappa shape index (κ1) is 15.3. The van der Waals surface area contributed by atoms with Gasteiger partial charge in [-0.05, 0) is 35.9 Å². The fourth-order valence-corrected chi connectivity index (χ4v) is 3.23. The highest BCUT2D eigenvalue weighted by Gasteiger charge is 2.14. The topological polar surface area (TPSA) is 72.0 Å². The molecule has 5 nitrogen and oxygen atoms in total. The van der Waals surface area contributed by atoms with Crippen LogP contribution in [0.1, 0.15) is 5.56 Å². The average Bonchev–Trinajstić information content (AvgIpc) is 2.62. The minimum Gasteiger partial charge on any atom is -0.264 e. The Bertz CT molecular complexity index is 882. The Morgan fingerprint density at radius 2 is 1.70 bits per heavy atom. The molecule has 0 aliphatic heterocycles. The molecule has 23 heavy (non-hydrogen) atoms. The van der Waals surface area contributed by atoms with Gasteiger partial charge in [0.05, 0.1) is 10.6 Å². The molecule has 0 amide bonds. The first-order chi connectivity index (χ1) is 11.2. The van der Waals surface area contributed by atoms with Gasteiger partial charge in [0, 0.05) is 30.7 Å². The molecule has 0 bridgehead atoms. The molecular weight excluding hydrogens is 310 g/mol. The van der Waals surface area contributed by atoms with Crippen molar-refractivity contribution in [3.05, 3.63) is 78.8 Å².